The molecule has 4 rings (SSSR count). The van der Waals surface area contributed by atoms with E-state index in [0.29, 0.717) is 24.1 Å². The van der Waals surface area contributed by atoms with E-state index < -0.39 is 12.0 Å². The number of imidazole rings is 1. The highest BCUT2D eigenvalue weighted by Gasteiger charge is 2.28. The van der Waals surface area contributed by atoms with Crippen LogP contribution in [0.15, 0.2) is 0 Å². The van der Waals surface area contributed by atoms with Crippen molar-refractivity contribution < 1.29 is 14.6 Å². The van der Waals surface area contributed by atoms with Gasteiger partial charge in [-0.1, -0.05) is 39.0 Å². The Kier molecular flexibility index (Phi) is 7.42. The van der Waals surface area contributed by atoms with Crippen LogP contribution in [0.25, 0.3) is 11.2 Å². The third kappa shape index (κ3) is 5.43. The van der Waals surface area contributed by atoms with Crippen molar-refractivity contribution in [1.82, 2.24) is 19.5 Å². The van der Waals surface area contributed by atoms with Crippen LogP contribution < -0.4 is 11.1 Å². The summed E-state index contributed by atoms with van der Waals surface area (Å²) in [5.74, 6) is 1.76. The zero-order valence-corrected chi connectivity index (χ0v) is 19.3. The maximum atomic E-state index is 11.2. The van der Waals surface area contributed by atoms with Crippen molar-refractivity contribution in [3.8, 4) is 0 Å². The van der Waals surface area contributed by atoms with Gasteiger partial charge in [0.2, 0.25) is 11.8 Å². The maximum Gasteiger partial charge on any atom is 0.411 e. The Morgan fingerprint density at radius 2 is 1.88 bits per heavy atom. The third-order valence-corrected chi connectivity index (χ3v) is 7.00. The molecule has 1 amide bonds. The summed E-state index contributed by atoms with van der Waals surface area (Å²) >= 11 is 0. The zero-order valence-electron chi connectivity index (χ0n) is 19.3. The van der Waals surface area contributed by atoms with Crippen LogP contribution >= 0.6 is 0 Å². The number of aromatic nitrogens is 4. The van der Waals surface area contributed by atoms with Crippen LogP contribution in [0.5, 0.6) is 0 Å². The molecule has 0 spiro atoms. The lowest BCUT2D eigenvalue weighted by Crippen LogP contribution is -2.22. The van der Waals surface area contributed by atoms with Gasteiger partial charge in [0.1, 0.15) is 5.52 Å². The Labute approximate surface area is 193 Å². The number of fused-ring (bicyclic) bond motifs is 1. The fourth-order valence-corrected chi connectivity index (χ4v) is 5.22. The number of nitrogens with zero attached hydrogens (tertiary/aromatic N) is 4. The molecule has 0 saturated heterocycles. The van der Waals surface area contributed by atoms with Gasteiger partial charge in [-0.05, 0) is 37.5 Å². The first-order valence-corrected chi connectivity index (χ1v) is 12.1. The molecular formula is C23H35N7O3. The van der Waals surface area contributed by atoms with Crippen molar-refractivity contribution in [2.75, 3.05) is 18.5 Å². The van der Waals surface area contributed by atoms with Crippen molar-refractivity contribution in [2.45, 2.75) is 77.2 Å². The van der Waals surface area contributed by atoms with Gasteiger partial charge in [-0.15, -0.1) is 0 Å². The molecule has 2 saturated carbocycles. The van der Waals surface area contributed by atoms with Crippen LogP contribution in [0, 0.1) is 17.2 Å². The number of carbonyl (C=O) groups excluding carboxylic acids is 1. The summed E-state index contributed by atoms with van der Waals surface area (Å²) in [5.41, 5.74) is 7.33. The van der Waals surface area contributed by atoms with E-state index in [4.69, 9.17) is 25.8 Å². The predicted octanol–water partition coefficient (Wildman–Crippen LogP) is 3.53. The summed E-state index contributed by atoms with van der Waals surface area (Å²) < 4.78 is 6.95. The molecule has 0 aromatic carbocycles. The van der Waals surface area contributed by atoms with Crippen molar-refractivity contribution in [3.63, 3.8) is 0 Å². The zero-order chi connectivity index (χ0) is 23.4. The molecule has 0 radical (unpaired) electrons. The summed E-state index contributed by atoms with van der Waals surface area (Å²) in [6, 6.07) is 0. The molecule has 0 unspecified atom stereocenters. The molecule has 2 aromatic heterocycles. The van der Waals surface area contributed by atoms with Gasteiger partial charge in [0.25, 0.3) is 5.90 Å². The SMILES string of the molecule is CC1CCC(Cn2c(NCCO)nc3nc(C(=N)OC(N)=O)nc(C4CCCCC4)c32)CC1. The highest BCUT2D eigenvalue weighted by Crippen LogP contribution is 2.37. The van der Waals surface area contributed by atoms with Crippen molar-refractivity contribution in [1.29, 1.82) is 5.41 Å². The number of nitrogens with two attached hydrogens (primary N) is 1. The van der Waals surface area contributed by atoms with Crippen LogP contribution in [-0.2, 0) is 11.3 Å². The fourth-order valence-electron chi connectivity index (χ4n) is 5.22. The monoisotopic (exact) mass is 457 g/mol. The van der Waals surface area contributed by atoms with Crippen LogP contribution in [-0.4, -0.2) is 49.8 Å². The van der Waals surface area contributed by atoms with Crippen molar-refractivity contribution >= 4 is 29.1 Å². The van der Waals surface area contributed by atoms with Gasteiger partial charge >= 0.3 is 6.09 Å². The van der Waals surface area contributed by atoms with Crippen molar-refractivity contribution in [3.05, 3.63) is 11.5 Å². The van der Waals surface area contributed by atoms with E-state index in [2.05, 4.69) is 21.8 Å². The van der Waals surface area contributed by atoms with E-state index in [1.54, 1.807) is 0 Å². The predicted molar refractivity (Wildman–Crippen MR) is 125 cm³/mol. The maximum absolute atomic E-state index is 11.2. The molecule has 0 atom stereocenters. The summed E-state index contributed by atoms with van der Waals surface area (Å²) in [5, 5.41) is 20.7. The Hall–Kier alpha value is -2.75. The largest absolute Gasteiger partial charge is 0.411 e. The molecule has 2 fully saturated rings. The van der Waals surface area contributed by atoms with E-state index >= 15 is 0 Å². The van der Waals surface area contributed by atoms with Crippen molar-refractivity contribution in [2.24, 2.45) is 17.6 Å². The van der Waals surface area contributed by atoms with Gasteiger partial charge in [0, 0.05) is 19.0 Å². The van der Waals surface area contributed by atoms with Gasteiger partial charge in [-0.3, -0.25) is 5.41 Å². The van der Waals surface area contributed by atoms with Crippen LogP contribution in [0.2, 0.25) is 0 Å². The molecule has 2 aliphatic rings. The van der Waals surface area contributed by atoms with Crippen LogP contribution in [0.1, 0.15) is 82.1 Å². The number of primary amides is 1. The molecule has 10 heteroatoms. The third-order valence-electron chi connectivity index (χ3n) is 7.00. The smallest absolute Gasteiger partial charge is 0.395 e. The lowest BCUT2D eigenvalue weighted by atomic mass is 9.83. The standard InChI is InChI=1S/C23H35N7O3/c1-14-7-9-15(10-8-14)13-30-18-17(16-5-3-2-4-6-16)27-21(19(24)33-22(25)32)28-20(18)29-23(30)26-11-12-31/h14-16,24,31H,2-13H2,1H3,(H2,25,32)(H,26,27,28,29). The number of aliphatic hydroxyl groups excluding tert-OH is 1. The minimum absolute atomic E-state index is 0.00629. The number of carbonyl (C=O) groups is 1. The highest BCUT2D eigenvalue weighted by atomic mass is 16.6. The Morgan fingerprint density at radius 1 is 1.15 bits per heavy atom. The minimum atomic E-state index is -1.06. The second-order valence-electron chi connectivity index (χ2n) is 9.51. The summed E-state index contributed by atoms with van der Waals surface area (Å²) in [6.07, 6.45) is 9.25. The minimum Gasteiger partial charge on any atom is -0.395 e. The molecule has 33 heavy (non-hydrogen) atoms. The van der Waals surface area contributed by atoms with E-state index in [1.807, 2.05) is 0 Å². The van der Waals surface area contributed by atoms with Crippen LogP contribution in [0.4, 0.5) is 10.7 Å². The molecule has 0 aliphatic heterocycles. The molecule has 2 heterocycles. The number of ether oxygens (including phenoxy) is 1. The molecule has 0 bridgehead atoms. The quantitative estimate of drug-likeness (QED) is 0.366. The highest BCUT2D eigenvalue weighted by molar-refractivity contribution is 5.96. The van der Waals surface area contributed by atoms with Gasteiger partial charge in [0.05, 0.1) is 12.3 Å². The lowest BCUT2D eigenvalue weighted by Gasteiger charge is -2.28. The normalized spacial score (nSPS) is 21.8. The number of hydrogen-bond acceptors (Lipinski definition) is 8. The second-order valence-corrected chi connectivity index (χ2v) is 9.51. The second kappa shape index (κ2) is 10.5. The average Bonchev–Trinajstić information content (AvgIpc) is 3.15. The number of anilines is 1. The number of nitrogens with one attached hydrogen (secondary N) is 2. The van der Waals surface area contributed by atoms with E-state index in [1.165, 1.54) is 32.1 Å². The Bertz CT molecular complexity index is 992. The number of hydrogen-bond donors (Lipinski definition) is 4. The van der Waals surface area contributed by atoms with Gasteiger partial charge in [-0.25, -0.2) is 14.8 Å². The molecule has 5 N–H and O–H groups in total. The number of rotatable bonds is 7. The number of amides is 1. The van der Waals surface area contributed by atoms with Crippen LogP contribution in [0.3, 0.4) is 0 Å². The number of aliphatic hydroxyl groups is 1. The molecule has 10 nitrogen and oxygen atoms in total. The first-order chi connectivity index (χ1) is 16.0. The van der Waals surface area contributed by atoms with Gasteiger partial charge in [0.15, 0.2) is 5.65 Å². The molecular weight excluding hydrogens is 422 g/mol. The Morgan fingerprint density at radius 3 is 2.55 bits per heavy atom. The summed E-state index contributed by atoms with van der Waals surface area (Å²) in [7, 11) is 0. The molecule has 2 aromatic rings. The first-order valence-electron chi connectivity index (χ1n) is 12.1. The topological polar surface area (TPSA) is 152 Å². The first kappa shape index (κ1) is 23.4. The average molecular weight is 458 g/mol. The van der Waals surface area contributed by atoms with E-state index in [0.717, 1.165) is 49.4 Å². The van der Waals surface area contributed by atoms with E-state index in [9.17, 15) is 9.90 Å². The molecule has 180 valence electrons. The Balaban J connectivity index is 1.80. The van der Waals surface area contributed by atoms with Gasteiger partial charge < -0.3 is 25.5 Å². The molecule has 2 aliphatic carbocycles. The van der Waals surface area contributed by atoms with Gasteiger partial charge in [-0.2, -0.15) is 4.98 Å². The summed E-state index contributed by atoms with van der Waals surface area (Å²) in [4.78, 5) is 25.1. The summed E-state index contributed by atoms with van der Waals surface area (Å²) in [6.45, 7) is 3.50. The lowest BCUT2D eigenvalue weighted by molar-refractivity contribution is 0.207. The van der Waals surface area contributed by atoms with E-state index in [-0.39, 0.29) is 18.3 Å². The fraction of sp³-hybridized carbons (Fsp3) is 0.696.